The number of imidazole rings is 1. The normalized spacial score (nSPS) is 17.1. The van der Waals surface area contributed by atoms with E-state index in [9.17, 15) is 19.2 Å². The topological polar surface area (TPSA) is 176 Å². The van der Waals surface area contributed by atoms with Gasteiger partial charge < -0.3 is 21.4 Å². The summed E-state index contributed by atoms with van der Waals surface area (Å²) in [4.78, 5) is 59.2. The molecular weight excluding hydrogens is 618 g/mol. The highest BCUT2D eigenvalue weighted by atomic mass is 35.5. The van der Waals surface area contributed by atoms with Crippen LogP contribution in [0, 0.1) is 18.8 Å². The van der Waals surface area contributed by atoms with E-state index in [2.05, 4.69) is 15.1 Å². The largest absolute Gasteiger partial charge is 0.330 e. The Bertz CT molecular complexity index is 2030. The van der Waals surface area contributed by atoms with Crippen LogP contribution in [-0.4, -0.2) is 44.1 Å². The van der Waals surface area contributed by atoms with Crippen LogP contribution in [0.1, 0.15) is 56.7 Å². The molecule has 7 N–H and O–H groups in total. The Kier molecular flexibility index (Phi) is 9.90. The summed E-state index contributed by atoms with van der Waals surface area (Å²) in [6, 6.07) is 15.8. The third kappa shape index (κ3) is 6.69. The lowest BCUT2D eigenvalue weighted by atomic mass is 9.81. The van der Waals surface area contributed by atoms with Gasteiger partial charge in [-0.2, -0.15) is 0 Å². The minimum atomic E-state index is -0.977. The minimum absolute atomic E-state index is 0. The molecule has 6 rings (SSSR count). The molecule has 1 aliphatic carbocycles. The van der Waals surface area contributed by atoms with E-state index in [1.807, 2.05) is 57.2 Å². The molecule has 3 aromatic carbocycles. The van der Waals surface area contributed by atoms with Crippen LogP contribution in [-0.2, 0) is 16.0 Å². The molecule has 2 aromatic heterocycles. The summed E-state index contributed by atoms with van der Waals surface area (Å²) in [5.41, 5.74) is 18.0. The summed E-state index contributed by atoms with van der Waals surface area (Å²) < 4.78 is 1.63. The number of anilines is 1. The first kappa shape index (κ1) is 33.9. The van der Waals surface area contributed by atoms with Gasteiger partial charge in [-0.25, -0.2) is 14.4 Å². The second-order valence-electron chi connectivity index (χ2n) is 12.9. The second-order valence-corrected chi connectivity index (χ2v) is 12.9. The summed E-state index contributed by atoms with van der Waals surface area (Å²) in [5, 5.41) is 3.87. The van der Waals surface area contributed by atoms with Gasteiger partial charge in [-0.1, -0.05) is 24.3 Å². The molecule has 1 atom stereocenters. The average Bonchev–Trinajstić information content (AvgIpc) is 3.58. The molecule has 1 fully saturated rings. The molecule has 47 heavy (non-hydrogen) atoms. The molecule has 5 aromatic rings. The molecule has 0 bridgehead atoms. The number of halogens is 1. The van der Waals surface area contributed by atoms with Crippen molar-refractivity contribution >= 4 is 51.8 Å². The zero-order valence-corrected chi connectivity index (χ0v) is 27.7. The highest BCUT2D eigenvalue weighted by Crippen LogP contribution is 2.32. The summed E-state index contributed by atoms with van der Waals surface area (Å²) >= 11 is 0. The van der Waals surface area contributed by atoms with Gasteiger partial charge in [0.25, 0.3) is 11.5 Å². The highest BCUT2D eigenvalue weighted by Gasteiger charge is 2.35. The number of fused-ring (bicyclic) bond motifs is 2. The van der Waals surface area contributed by atoms with Crippen molar-refractivity contribution in [1.29, 1.82) is 0 Å². The van der Waals surface area contributed by atoms with E-state index in [1.54, 1.807) is 22.9 Å². The smallest absolute Gasteiger partial charge is 0.323 e. The van der Waals surface area contributed by atoms with Gasteiger partial charge in [0.2, 0.25) is 5.91 Å². The van der Waals surface area contributed by atoms with E-state index in [0.717, 1.165) is 40.6 Å². The van der Waals surface area contributed by atoms with Crippen LogP contribution in [0.15, 0.2) is 64.2 Å². The standard InChI is InChI=1S/C35H41N7O4.ClH/c1-19(2)42-33(44)27-14-20(3)26(17-30(27)40-42)23-8-4-21(5-9-23)15-28(37)34(45)41(32(43)24-10-6-22(18-36)7-11-24)25-12-13-29-31(16-25)39-35(46)38-29;/h4-5,8-9,12-14,16-17,19,22,24,28,40H,6-7,10-11,15,18,36-37H2,1-3H3,(H2,38,39,46);1H/t22-,24-,28-;/m0./s1. The second kappa shape index (κ2) is 13.7. The van der Waals surface area contributed by atoms with E-state index in [-0.39, 0.29) is 47.9 Å². The van der Waals surface area contributed by atoms with Crippen LogP contribution in [0.2, 0.25) is 0 Å². The summed E-state index contributed by atoms with van der Waals surface area (Å²) in [6.45, 7) is 6.50. The molecule has 2 heterocycles. The number of rotatable bonds is 8. The van der Waals surface area contributed by atoms with Crippen molar-refractivity contribution in [2.75, 3.05) is 11.4 Å². The number of aromatic nitrogens is 4. The third-order valence-corrected chi connectivity index (χ3v) is 9.34. The van der Waals surface area contributed by atoms with E-state index in [1.165, 1.54) is 4.90 Å². The van der Waals surface area contributed by atoms with Crippen LogP contribution >= 0.6 is 12.4 Å². The zero-order chi connectivity index (χ0) is 32.7. The molecule has 0 radical (unpaired) electrons. The van der Waals surface area contributed by atoms with Crippen LogP contribution in [0.3, 0.4) is 0 Å². The first-order valence-corrected chi connectivity index (χ1v) is 15.9. The number of nitrogens with one attached hydrogen (secondary N) is 3. The summed E-state index contributed by atoms with van der Waals surface area (Å²) in [5.74, 6) is -0.702. The van der Waals surface area contributed by atoms with Crippen molar-refractivity contribution < 1.29 is 9.59 Å². The number of benzene rings is 3. The lowest BCUT2D eigenvalue weighted by Crippen LogP contribution is -2.50. The fourth-order valence-electron chi connectivity index (χ4n) is 6.64. The van der Waals surface area contributed by atoms with Gasteiger partial charge in [-0.15, -0.1) is 12.4 Å². The van der Waals surface area contributed by atoms with Gasteiger partial charge in [0.15, 0.2) is 0 Å². The van der Waals surface area contributed by atoms with Crippen molar-refractivity contribution in [3.8, 4) is 11.1 Å². The third-order valence-electron chi connectivity index (χ3n) is 9.34. The van der Waals surface area contributed by atoms with Crippen LogP contribution in [0.25, 0.3) is 33.1 Å². The van der Waals surface area contributed by atoms with Crippen molar-refractivity contribution in [3.05, 3.63) is 86.6 Å². The molecule has 0 unspecified atom stereocenters. The van der Waals surface area contributed by atoms with Gasteiger partial charge in [0.1, 0.15) is 0 Å². The number of aromatic amines is 3. The van der Waals surface area contributed by atoms with E-state index in [4.69, 9.17) is 11.5 Å². The number of hydrogen-bond acceptors (Lipinski definition) is 6. The number of carbonyl (C=O) groups excluding carboxylic acids is 2. The lowest BCUT2D eigenvalue weighted by molar-refractivity contribution is -0.130. The van der Waals surface area contributed by atoms with E-state index < -0.39 is 11.9 Å². The highest BCUT2D eigenvalue weighted by molar-refractivity contribution is 6.17. The fourth-order valence-corrected chi connectivity index (χ4v) is 6.64. The van der Waals surface area contributed by atoms with Gasteiger partial charge in [-0.05, 0) is 118 Å². The Labute approximate surface area is 278 Å². The van der Waals surface area contributed by atoms with Crippen LogP contribution in [0.5, 0.6) is 0 Å². The SMILES string of the molecule is Cc1cc2c(=O)n(C(C)C)[nH]c2cc1-c1ccc(C[C@H](N)C(=O)N(c2ccc3[nH]c(=O)[nH]c3c2)C(=O)[C@H]2CC[C@H](CN)CC2)cc1.Cl. The first-order chi connectivity index (χ1) is 22.0. The van der Waals surface area contributed by atoms with Gasteiger partial charge in [-0.3, -0.25) is 19.5 Å². The number of nitrogens with two attached hydrogens (primary N) is 2. The van der Waals surface area contributed by atoms with Gasteiger partial charge in [0, 0.05) is 12.0 Å². The number of imide groups is 1. The molecule has 1 aliphatic rings. The average molecular weight is 660 g/mol. The van der Waals surface area contributed by atoms with Crippen molar-refractivity contribution in [1.82, 2.24) is 19.7 Å². The molecule has 0 aliphatic heterocycles. The maximum absolute atomic E-state index is 14.0. The van der Waals surface area contributed by atoms with Gasteiger partial charge >= 0.3 is 5.69 Å². The molecule has 12 heteroatoms. The Hall–Kier alpha value is -4.45. The molecule has 1 saturated carbocycles. The van der Waals surface area contributed by atoms with E-state index in [0.29, 0.717) is 47.4 Å². The number of aryl methyl sites for hydroxylation is 1. The van der Waals surface area contributed by atoms with Crippen LogP contribution in [0.4, 0.5) is 5.69 Å². The van der Waals surface area contributed by atoms with Crippen LogP contribution < -0.4 is 27.6 Å². The fraction of sp³-hybridized carbons (Fsp3) is 0.371. The first-order valence-electron chi connectivity index (χ1n) is 15.9. The number of hydrogen-bond donors (Lipinski definition) is 5. The number of nitrogens with zero attached hydrogens (tertiary/aromatic N) is 2. The summed E-state index contributed by atoms with van der Waals surface area (Å²) in [7, 11) is 0. The molecule has 2 amide bonds. The minimum Gasteiger partial charge on any atom is -0.330 e. The van der Waals surface area contributed by atoms with Crippen molar-refractivity contribution in [2.45, 2.75) is 65.0 Å². The Morgan fingerprint density at radius 3 is 2.28 bits per heavy atom. The Morgan fingerprint density at radius 1 is 0.936 bits per heavy atom. The molecular formula is C35H42ClN7O4. The maximum atomic E-state index is 14.0. The Morgan fingerprint density at radius 2 is 1.62 bits per heavy atom. The lowest BCUT2D eigenvalue weighted by Gasteiger charge is -2.32. The van der Waals surface area contributed by atoms with E-state index >= 15 is 0 Å². The molecule has 248 valence electrons. The molecule has 0 saturated heterocycles. The number of H-pyrrole nitrogens is 3. The zero-order valence-electron chi connectivity index (χ0n) is 26.8. The van der Waals surface area contributed by atoms with Crippen molar-refractivity contribution in [3.63, 3.8) is 0 Å². The Balaban J connectivity index is 0.00000433. The maximum Gasteiger partial charge on any atom is 0.323 e. The predicted octanol–water partition coefficient (Wildman–Crippen LogP) is 4.67. The monoisotopic (exact) mass is 659 g/mol. The predicted molar refractivity (Wildman–Crippen MR) is 188 cm³/mol. The van der Waals surface area contributed by atoms with Crippen molar-refractivity contribution in [2.24, 2.45) is 23.3 Å². The quantitative estimate of drug-likeness (QED) is 0.162. The molecule has 11 nitrogen and oxygen atoms in total. The molecule has 0 spiro atoms. The number of carbonyl (C=O) groups is 2. The summed E-state index contributed by atoms with van der Waals surface area (Å²) in [6.07, 6.45) is 3.22. The number of amides is 2. The van der Waals surface area contributed by atoms with Gasteiger partial charge in [0.05, 0.1) is 33.7 Å².